The Morgan fingerprint density at radius 1 is 1.35 bits per heavy atom. The lowest BCUT2D eigenvalue weighted by Gasteiger charge is -2.24. The van der Waals surface area contributed by atoms with Crippen LogP contribution in [0.25, 0.3) is 0 Å². The van der Waals surface area contributed by atoms with Gasteiger partial charge in [0.05, 0.1) is 12.2 Å². The zero-order chi connectivity index (χ0) is 19.1. The van der Waals surface area contributed by atoms with Crippen molar-refractivity contribution in [2.45, 2.75) is 51.1 Å². The fourth-order valence-corrected chi connectivity index (χ4v) is 3.22. The van der Waals surface area contributed by atoms with Crippen molar-refractivity contribution in [2.75, 3.05) is 36.8 Å². The quantitative estimate of drug-likeness (QED) is 0.863. The van der Waals surface area contributed by atoms with E-state index < -0.39 is 18.1 Å². The van der Waals surface area contributed by atoms with Gasteiger partial charge in [-0.3, -0.25) is 0 Å². The first-order chi connectivity index (χ1) is 12.0. The molecule has 2 aliphatic rings. The summed E-state index contributed by atoms with van der Waals surface area (Å²) >= 11 is 0. The highest BCUT2D eigenvalue weighted by molar-refractivity contribution is 5.68. The molecule has 0 aliphatic carbocycles. The summed E-state index contributed by atoms with van der Waals surface area (Å²) in [6.45, 7) is 6.28. The Labute approximate surface area is 151 Å². The van der Waals surface area contributed by atoms with Crippen LogP contribution in [0, 0.1) is 0 Å². The summed E-state index contributed by atoms with van der Waals surface area (Å²) < 4.78 is 32.3. The van der Waals surface area contributed by atoms with Gasteiger partial charge in [0.25, 0.3) is 5.92 Å². The minimum absolute atomic E-state index is 0.0188. The van der Waals surface area contributed by atoms with Crippen molar-refractivity contribution in [3.05, 3.63) is 11.8 Å². The van der Waals surface area contributed by atoms with Crippen molar-refractivity contribution in [3.63, 3.8) is 0 Å². The van der Waals surface area contributed by atoms with Crippen molar-refractivity contribution in [1.29, 1.82) is 0 Å². The van der Waals surface area contributed by atoms with E-state index in [-0.39, 0.29) is 36.7 Å². The summed E-state index contributed by atoms with van der Waals surface area (Å²) in [6.07, 6.45) is 0.142. The number of likely N-dealkylation sites (tertiary alicyclic amines) is 1. The average molecular weight is 369 g/mol. The molecule has 0 spiro atoms. The molecule has 1 amide bonds. The molecule has 1 unspecified atom stereocenters. The molecule has 0 aromatic carbocycles. The second kappa shape index (κ2) is 6.51. The summed E-state index contributed by atoms with van der Waals surface area (Å²) in [5, 5.41) is 0. The van der Waals surface area contributed by atoms with Crippen LogP contribution in [0.2, 0.25) is 0 Å². The molecule has 3 heterocycles. The Balaban J connectivity index is 1.71. The van der Waals surface area contributed by atoms with Gasteiger partial charge in [0.15, 0.2) is 0 Å². The molecular weight excluding hydrogens is 344 g/mol. The molecule has 9 heteroatoms. The van der Waals surface area contributed by atoms with Crippen LogP contribution in [-0.2, 0) is 4.74 Å². The van der Waals surface area contributed by atoms with Gasteiger partial charge >= 0.3 is 6.09 Å². The van der Waals surface area contributed by atoms with Crippen molar-refractivity contribution in [1.82, 2.24) is 14.9 Å². The zero-order valence-electron chi connectivity index (χ0n) is 15.3. The van der Waals surface area contributed by atoms with Crippen LogP contribution in [0.3, 0.4) is 0 Å². The molecule has 2 aliphatic heterocycles. The molecule has 0 saturated carbocycles. The number of aromatic nitrogens is 2. The van der Waals surface area contributed by atoms with Crippen molar-refractivity contribution < 1.29 is 18.3 Å². The van der Waals surface area contributed by atoms with Gasteiger partial charge in [-0.15, -0.1) is 0 Å². The van der Waals surface area contributed by atoms with E-state index in [1.165, 1.54) is 4.90 Å². The highest BCUT2D eigenvalue weighted by Gasteiger charge is 2.40. The van der Waals surface area contributed by atoms with E-state index in [0.717, 1.165) is 0 Å². The zero-order valence-corrected chi connectivity index (χ0v) is 15.3. The third-order valence-corrected chi connectivity index (χ3v) is 4.46. The lowest BCUT2D eigenvalue weighted by atomic mass is 10.0. The third kappa shape index (κ3) is 4.31. The summed E-state index contributed by atoms with van der Waals surface area (Å²) in [4.78, 5) is 23.9. The van der Waals surface area contributed by atoms with E-state index in [0.29, 0.717) is 25.2 Å². The molecule has 2 fully saturated rings. The third-order valence-electron chi connectivity index (χ3n) is 4.46. The van der Waals surface area contributed by atoms with Crippen LogP contribution in [0.4, 0.5) is 25.3 Å². The number of nitrogens with zero attached hydrogens (tertiary/aromatic N) is 4. The summed E-state index contributed by atoms with van der Waals surface area (Å²) in [6, 6.07) is 1.65. The van der Waals surface area contributed by atoms with Gasteiger partial charge in [-0.2, -0.15) is 4.98 Å². The van der Waals surface area contributed by atoms with Crippen molar-refractivity contribution >= 4 is 17.9 Å². The van der Waals surface area contributed by atoms with Gasteiger partial charge in [0.1, 0.15) is 11.4 Å². The lowest BCUT2D eigenvalue weighted by molar-refractivity contribution is 0.0254. The van der Waals surface area contributed by atoms with Gasteiger partial charge in [0, 0.05) is 38.0 Å². The number of alkyl halides is 2. The van der Waals surface area contributed by atoms with E-state index in [1.807, 2.05) is 20.8 Å². The van der Waals surface area contributed by atoms with E-state index in [4.69, 9.17) is 10.5 Å². The molecule has 144 valence electrons. The molecule has 1 atom stereocenters. The van der Waals surface area contributed by atoms with Crippen LogP contribution in [0.1, 0.15) is 45.2 Å². The Hall–Kier alpha value is -2.19. The number of nitrogen functional groups attached to an aromatic ring is 1. The lowest BCUT2D eigenvalue weighted by Crippen LogP contribution is -2.35. The molecular formula is C17H25F2N5O2. The number of nitrogens with two attached hydrogens (primary N) is 1. The normalized spacial score (nSPS) is 22.7. The minimum atomic E-state index is -2.73. The number of hydrogen-bond acceptors (Lipinski definition) is 6. The molecule has 0 bridgehead atoms. The highest BCUT2D eigenvalue weighted by atomic mass is 19.3. The van der Waals surface area contributed by atoms with Crippen LogP contribution >= 0.6 is 0 Å². The maximum atomic E-state index is 13.5. The number of rotatable bonds is 2. The van der Waals surface area contributed by atoms with Gasteiger partial charge in [0.2, 0.25) is 5.95 Å². The van der Waals surface area contributed by atoms with Gasteiger partial charge in [-0.25, -0.2) is 18.6 Å². The minimum Gasteiger partial charge on any atom is -0.444 e. The maximum absolute atomic E-state index is 13.5. The second-order valence-corrected chi connectivity index (χ2v) is 7.96. The SMILES string of the molecule is CC(C)(C)OC(=O)N1CCC(c2cc(N)nc(N3CCC(F)(F)C3)n2)C1. The first-order valence-electron chi connectivity index (χ1n) is 8.78. The Kier molecular flexibility index (Phi) is 4.66. The van der Waals surface area contributed by atoms with E-state index in [9.17, 15) is 13.6 Å². The number of amides is 1. The predicted octanol–water partition coefficient (Wildman–Crippen LogP) is 2.63. The molecule has 2 N–H and O–H groups in total. The summed E-state index contributed by atoms with van der Waals surface area (Å²) in [5.74, 6) is -2.27. The smallest absolute Gasteiger partial charge is 0.410 e. The predicted molar refractivity (Wildman–Crippen MR) is 93.4 cm³/mol. The first-order valence-corrected chi connectivity index (χ1v) is 8.78. The topological polar surface area (TPSA) is 84.6 Å². The molecule has 26 heavy (non-hydrogen) atoms. The molecule has 0 radical (unpaired) electrons. The Morgan fingerprint density at radius 3 is 2.69 bits per heavy atom. The monoisotopic (exact) mass is 369 g/mol. The van der Waals surface area contributed by atoms with Crippen molar-refractivity contribution in [2.24, 2.45) is 0 Å². The van der Waals surface area contributed by atoms with Crippen LogP contribution in [0.15, 0.2) is 6.07 Å². The molecule has 2 saturated heterocycles. The highest BCUT2D eigenvalue weighted by Crippen LogP contribution is 2.32. The largest absolute Gasteiger partial charge is 0.444 e. The first kappa shape index (κ1) is 18.6. The second-order valence-electron chi connectivity index (χ2n) is 7.96. The molecule has 3 rings (SSSR count). The van der Waals surface area contributed by atoms with E-state index in [2.05, 4.69) is 9.97 Å². The number of ether oxygens (including phenoxy) is 1. The van der Waals surface area contributed by atoms with E-state index >= 15 is 0 Å². The molecule has 1 aromatic heterocycles. The average Bonchev–Trinajstić information content (AvgIpc) is 3.11. The fourth-order valence-electron chi connectivity index (χ4n) is 3.22. The summed E-state index contributed by atoms with van der Waals surface area (Å²) in [7, 11) is 0. The number of carbonyl (C=O) groups excluding carboxylic acids is 1. The van der Waals surface area contributed by atoms with Gasteiger partial charge < -0.3 is 20.3 Å². The fraction of sp³-hybridized carbons (Fsp3) is 0.706. The Morgan fingerprint density at radius 2 is 2.08 bits per heavy atom. The Bertz CT molecular complexity index is 692. The number of anilines is 2. The van der Waals surface area contributed by atoms with Gasteiger partial charge in [-0.1, -0.05) is 0 Å². The number of halogens is 2. The van der Waals surface area contributed by atoms with Crippen LogP contribution < -0.4 is 10.6 Å². The van der Waals surface area contributed by atoms with Gasteiger partial charge in [-0.05, 0) is 27.2 Å². The van der Waals surface area contributed by atoms with Crippen LogP contribution in [-0.4, -0.2) is 58.7 Å². The number of carbonyl (C=O) groups is 1. The maximum Gasteiger partial charge on any atom is 0.410 e. The molecule has 1 aromatic rings. The van der Waals surface area contributed by atoms with E-state index in [1.54, 1.807) is 11.0 Å². The standard InChI is InChI=1S/C17H25F2N5O2/c1-16(2,3)26-15(25)23-6-4-11(9-23)12-8-13(20)22-14(21-12)24-7-5-17(18,19)10-24/h8,11H,4-7,9-10H2,1-3H3,(H2,20,21,22). The summed E-state index contributed by atoms with van der Waals surface area (Å²) in [5.41, 5.74) is 5.99. The van der Waals surface area contributed by atoms with Crippen LogP contribution in [0.5, 0.6) is 0 Å². The van der Waals surface area contributed by atoms with Crippen molar-refractivity contribution in [3.8, 4) is 0 Å². The number of hydrogen-bond donors (Lipinski definition) is 1. The molecule has 7 nitrogen and oxygen atoms in total.